The Labute approximate surface area is 121 Å². The number of likely N-dealkylation sites (N-methyl/N-ethyl adjacent to an activating group) is 1. The monoisotopic (exact) mass is 276 g/mol. The van der Waals surface area contributed by atoms with Gasteiger partial charge >= 0.3 is 0 Å². The van der Waals surface area contributed by atoms with Crippen LogP contribution in [0, 0.1) is 0 Å². The number of hydrogen-bond acceptors (Lipinski definition) is 3. The van der Waals surface area contributed by atoms with Crippen LogP contribution in [-0.2, 0) is 11.2 Å². The van der Waals surface area contributed by atoms with E-state index in [-0.39, 0.29) is 18.1 Å². The van der Waals surface area contributed by atoms with Gasteiger partial charge in [0.15, 0.2) is 0 Å². The van der Waals surface area contributed by atoms with Gasteiger partial charge in [-0.05, 0) is 45.4 Å². The Bertz CT molecular complexity index is 485. The molecule has 1 aliphatic rings. The fraction of sp³-hybridized carbons (Fsp3) is 0.562. The van der Waals surface area contributed by atoms with Gasteiger partial charge in [0, 0.05) is 17.8 Å². The minimum absolute atomic E-state index is 0.0351. The second-order valence-electron chi connectivity index (χ2n) is 6.10. The largest absolute Gasteiger partial charge is 0.394 e. The lowest BCUT2D eigenvalue weighted by atomic mass is 10.0. The van der Waals surface area contributed by atoms with E-state index in [4.69, 9.17) is 0 Å². The zero-order chi connectivity index (χ0) is 14.8. The predicted octanol–water partition coefficient (Wildman–Crippen LogP) is 1.67. The number of rotatable bonds is 4. The summed E-state index contributed by atoms with van der Waals surface area (Å²) in [4.78, 5) is 16.3. The topological polar surface area (TPSA) is 43.8 Å². The summed E-state index contributed by atoms with van der Waals surface area (Å²) in [6.07, 6.45) is 2.05. The second-order valence-corrected chi connectivity index (χ2v) is 6.10. The van der Waals surface area contributed by atoms with Crippen molar-refractivity contribution < 1.29 is 9.90 Å². The van der Waals surface area contributed by atoms with Crippen molar-refractivity contribution >= 4 is 11.6 Å². The number of fused-ring (bicyclic) bond motifs is 1. The van der Waals surface area contributed by atoms with Gasteiger partial charge in [0.25, 0.3) is 0 Å². The van der Waals surface area contributed by atoms with Crippen molar-refractivity contribution in [3.05, 3.63) is 29.8 Å². The molecule has 4 nitrogen and oxygen atoms in total. The summed E-state index contributed by atoms with van der Waals surface area (Å²) in [6.45, 7) is 5.01. The highest BCUT2D eigenvalue weighted by molar-refractivity contribution is 5.96. The number of aliphatic hydroxyl groups is 1. The van der Waals surface area contributed by atoms with Gasteiger partial charge in [-0.15, -0.1) is 0 Å². The molecule has 1 N–H and O–H groups in total. The van der Waals surface area contributed by atoms with Gasteiger partial charge in [-0.1, -0.05) is 18.2 Å². The molecule has 0 saturated heterocycles. The zero-order valence-corrected chi connectivity index (χ0v) is 12.6. The number of carbonyl (C=O) groups excluding carboxylic acids is 1. The van der Waals surface area contributed by atoms with Crippen LogP contribution in [0.4, 0.5) is 5.69 Å². The van der Waals surface area contributed by atoms with E-state index in [1.807, 2.05) is 48.9 Å². The minimum Gasteiger partial charge on any atom is -0.394 e. The van der Waals surface area contributed by atoms with Crippen molar-refractivity contribution in [1.29, 1.82) is 0 Å². The van der Waals surface area contributed by atoms with Gasteiger partial charge in [-0.3, -0.25) is 9.69 Å². The van der Waals surface area contributed by atoms with Crippen LogP contribution < -0.4 is 4.90 Å². The number of aryl methyl sites for hydroxylation is 1. The lowest BCUT2D eigenvalue weighted by Gasteiger charge is -2.36. The van der Waals surface area contributed by atoms with E-state index >= 15 is 0 Å². The van der Waals surface area contributed by atoms with Crippen LogP contribution in [0.5, 0.6) is 0 Å². The smallest absolute Gasteiger partial charge is 0.241 e. The normalized spacial score (nSPS) is 15.3. The van der Waals surface area contributed by atoms with E-state index in [2.05, 4.69) is 6.07 Å². The molecule has 0 unspecified atom stereocenters. The Kier molecular flexibility index (Phi) is 4.45. The molecule has 0 fully saturated rings. The van der Waals surface area contributed by atoms with E-state index in [0.29, 0.717) is 6.54 Å². The SMILES string of the molecule is CN(CC(=O)N1CCCc2ccccc21)C(C)(C)CO. The van der Waals surface area contributed by atoms with Gasteiger partial charge in [0.05, 0.1) is 13.2 Å². The summed E-state index contributed by atoms with van der Waals surface area (Å²) >= 11 is 0. The maximum atomic E-state index is 12.5. The molecule has 0 atom stereocenters. The summed E-state index contributed by atoms with van der Waals surface area (Å²) in [5.41, 5.74) is 1.90. The third kappa shape index (κ3) is 3.02. The molecule has 1 amide bonds. The Hall–Kier alpha value is -1.39. The molecule has 0 bridgehead atoms. The molecule has 0 aromatic heterocycles. The van der Waals surface area contributed by atoms with E-state index < -0.39 is 0 Å². The van der Waals surface area contributed by atoms with Gasteiger partial charge in [0.1, 0.15) is 0 Å². The fourth-order valence-corrected chi connectivity index (χ4v) is 2.42. The number of amides is 1. The average molecular weight is 276 g/mol. The zero-order valence-electron chi connectivity index (χ0n) is 12.6. The van der Waals surface area contributed by atoms with Gasteiger partial charge in [0.2, 0.25) is 5.91 Å². The summed E-state index contributed by atoms with van der Waals surface area (Å²) in [5.74, 6) is 0.0983. The van der Waals surface area contributed by atoms with Crippen LogP contribution in [-0.4, -0.2) is 48.2 Å². The molecule has 0 radical (unpaired) electrons. The van der Waals surface area contributed by atoms with Crippen LogP contribution >= 0.6 is 0 Å². The molecule has 1 aromatic carbocycles. The highest BCUT2D eigenvalue weighted by atomic mass is 16.3. The highest BCUT2D eigenvalue weighted by Gasteiger charge is 2.28. The molecule has 4 heteroatoms. The first kappa shape index (κ1) is 15.0. The number of carbonyl (C=O) groups is 1. The quantitative estimate of drug-likeness (QED) is 0.910. The predicted molar refractivity (Wildman–Crippen MR) is 80.9 cm³/mol. The summed E-state index contributed by atoms with van der Waals surface area (Å²) in [5, 5.41) is 9.38. The molecule has 20 heavy (non-hydrogen) atoms. The molecule has 2 rings (SSSR count). The third-order valence-corrected chi connectivity index (χ3v) is 4.20. The number of para-hydroxylation sites is 1. The van der Waals surface area contributed by atoms with Gasteiger partial charge in [-0.2, -0.15) is 0 Å². The Morgan fingerprint density at radius 1 is 1.40 bits per heavy atom. The Morgan fingerprint density at radius 3 is 2.80 bits per heavy atom. The van der Waals surface area contributed by atoms with Crippen molar-refractivity contribution in [2.75, 3.05) is 31.6 Å². The summed E-state index contributed by atoms with van der Waals surface area (Å²) in [7, 11) is 1.88. The first-order valence-corrected chi connectivity index (χ1v) is 7.16. The fourth-order valence-electron chi connectivity index (χ4n) is 2.42. The van der Waals surface area contributed by atoms with Crippen molar-refractivity contribution in [2.24, 2.45) is 0 Å². The van der Waals surface area contributed by atoms with Crippen molar-refractivity contribution in [1.82, 2.24) is 4.90 Å². The third-order valence-electron chi connectivity index (χ3n) is 4.20. The lowest BCUT2D eigenvalue weighted by molar-refractivity contribution is -0.121. The summed E-state index contributed by atoms with van der Waals surface area (Å²) in [6, 6.07) is 8.11. The van der Waals surface area contributed by atoms with Crippen molar-refractivity contribution in [3.8, 4) is 0 Å². The van der Waals surface area contributed by atoms with E-state index in [0.717, 1.165) is 25.1 Å². The van der Waals surface area contributed by atoms with E-state index in [9.17, 15) is 9.90 Å². The minimum atomic E-state index is -0.384. The van der Waals surface area contributed by atoms with Gasteiger partial charge < -0.3 is 10.0 Å². The molecule has 1 heterocycles. The average Bonchev–Trinajstić information content (AvgIpc) is 2.46. The molecule has 0 spiro atoms. The first-order valence-electron chi connectivity index (χ1n) is 7.16. The van der Waals surface area contributed by atoms with Crippen LogP contribution in [0.1, 0.15) is 25.8 Å². The molecular formula is C16H24N2O2. The molecule has 0 saturated carbocycles. The standard InChI is InChI=1S/C16H24N2O2/c1-16(2,12-19)17(3)11-15(20)18-10-6-8-13-7-4-5-9-14(13)18/h4-5,7,9,19H,6,8,10-12H2,1-3H3. The molecule has 1 aliphatic heterocycles. The lowest BCUT2D eigenvalue weighted by Crippen LogP contribution is -2.50. The van der Waals surface area contributed by atoms with E-state index in [1.165, 1.54) is 5.56 Å². The van der Waals surface area contributed by atoms with Crippen molar-refractivity contribution in [2.45, 2.75) is 32.2 Å². The first-order chi connectivity index (χ1) is 9.45. The molecule has 1 aromatic rings. The molecular weight excluding hydrogens is 252 g/mol. The highest BCUT2D eigenvalue weighted by Crippen LogP contribution is 2.27. The van der Waals surface area contributed by atoms with E-state index in [1.54, 1.807) is 0 Å². The Balaban J connectivity index is 2.11. The van der Waals surface area contributed by atoms with Crippen LogP contribution in [0.2, 0.25) is 0 Å². The molecule has 0 aliphatic carbocycles. The van der Waals surface area contributed by atoms with Crippen molar-refractivity contribution in [3.63, 3.8) is 0 Å². The maximum Gasteiger partial charge on any atom is 0.241 e. The summed E-state index contributed by atoms with van der Waals surface area (Å²) < 4.78 is 0. The van der Waals surface area contributed by atoms with Crippen LogP contribution in [0.25, 0.3) is 0 Å². The number of aliphatic hydroxyl groups excluding tert-OH is 1. The van der Waals surface area contributed by atoms with Crippen LogP contribution in [0.3, 0.4) is 0 Å². The second kappa shape index (κ2) is 5.94. The number of anilines is 1. The number of nitrogens with zero attached hydrogens (tertiary/aromatic N) is 2. The molecule has 110 valence electrons. The number of hydrogen-bond donors (Lipinski definition) is 1. The maximum absolute atomic E-state index is 12.5. The van der Waals surface area contributed by atoms with Gasteiger partial charge in [-0.25, -0.2) is 0 Å². The number of benzene rings is 1. The Morgan fingerprint density at radius 2 is 2.10 bits per heavy atom. The van der Waals surface area contributed by atoms with Crippen LogP contribution in [0.15, 0.2) is 24.3 Å².